The van der Waals surface area contributed by atoms with Gasteiger partial charge in [-0.25, -0.2) is 13.2 Å². The van der Waals surface area contributed by atoms with E-state index in [4.69, 9.17) is 0 Å². The van der Waals surface area contributed by atoms with Crippen LogP contribution in [0.3, 0.4) is 0 Å². The van der Waals surface area contributed by atoms with Crippen LogP contribution in [0, 0.1) is 24.4 Å². The zero-order valence-electron chi connectivity index (χ0n) is 18.6. The van der Waals surface area contributed by atoms with Crippen LogP contribution >= 0.6 is 0 Å². The Balaban J connectivity index is 1.50. The van der Waals surface area contributed by atoms with E-state index in [2.05, 4.69) is 5.32 Å². The molecule has 1 aromatic heterocycles. The van der Waals surface area contributed by atoms with Crippen molar-refractivity contribution in [1.29, 1.82) is 0 Å². The van der Waals surface area contributed by atoms with Crippen molar-refractivity contribution >= 4 is 17.5 Å². The Morgan fingerprint density at radius 2 is 1.94 bits per heavy atom. The Hall–Kier alpha value is -4.08. The highest BCUT2D eigenvalue weighted by molar-refractivity contribution is 6.08. The summed E-state index contributed by atoms with van der Waals surface area (Å²) in [5, 5.41) is 13.1. The molecule has 5 rings (SSSR count). The number of fused-ring (bicyclic) bond motifs is 6. The molecular formula is C25H20F3N3O4. The molecule has 3 aromatic rings. The number of carbonyl (C=O) groups excluding carboxylic acids is 2. The van der Waals surface area contributed by atoms with Crippen molar-refractivity contribution in [1.82, 2.24) is 9.88 Å². The van der Waals surface area contributed by atoms with Crippen LogP contribution in [0.25, 0.3) is 0 Å². The molecule has 0 aliphatic carbocycles. The summed E-state index contributed by atoms with van der Waals surface area (Å²) in [4.78, 5) is 40.2. The number of pyridine rings is 1. The molecule has 35 heavy (non-hydrogen) atoms. The Labute approximate surface area is 197 Å². The molecule has 2 aliphatic heterocycles. The van der Waals surface area contributed by atoms with Crippen molar-refractivity contribution in [3.05, 3.63) is 92.2 Å². The van der Waals surface area contributed by atoms with Crippen LogP contribution in [-0.2, 0) is 13.0 Å². The fourth-order valence-corrected chi connectivity index (χ4v) is 4.68. The number of carbonyl (C=O) groups is 2. The first kappa shape index (κ1) is 22.7. The number of rotatable bonds is 3. The molecule has 0 saturated heterocycles. The average molecular weight is 483 g/mol. The van der Waals surface area contributed by atoms with E-state index in [0.717, 1.165) is 11.6 Å². The highest BCUT2D eigenvalue weighted by Crippen LogP contribution is 2.37. The second-order valence-electron chi connectivity index (χ2n) is 8.69. The van der Waals surface area contributed by atoms with Gasteiger partial charge in [-0.3, -0.25) is 14.4 Å². The molecule has 0 spiro atoms. The number of nitrogens with one attached hydrogen (secondary N) is 1. The molecule has 10 heteroatoms. The van der Waals surface area contributed by atoms with E-state index in [0.29, 0.717) is 18.5 Å². The van der Waals surface area contributed by atoms with Crippen molar-refractivity contribution in [3.63, 3.8) is 0 Å². The summed E-state index contributed by atoms with van der Waals surface area (Å²) in [5.41, 5.74) is -0.780. The second-order valence-corrected chi connectivity index (χ2v) is 8.69. The van der Waals surface area contributed by atoms with Crippen molar-refractivity contribution in [3.8, 4) is 5.75 Å². The van der Waals surface area contributed by atoms with Gasteiger partial charge in [0.2, 0.25) is 5.43 Å². The SMILES string of the molecule is Cc1c(F)ccc(CNC(=O)c2cn3c(c(O)c2=O)C(=O)N2CC3CCc3ccc(F)cc32)c1F. The Kier molecular flexibility index (Phi) is 5.38. The first-order valence-corrected chi connectivity index (χ1v) is 11.0. The molecule has 2 aromatic carbocycles. The maximum Gasteiger partial charge on any atom is 0.279 e. The van der Waals surface area contributed by atoms with Crippen molar-refractivity contribution in [2.75, 3.05) is 11.4 Å². The molecule has 7 nitrogen and oxygen atoms in total. The molecule has 2 N–H and O–H groups in total. The van der Waals surface area contributed by atoms with Gasteiger partial charge in [0.15, 0.2) is 11.4 Å². The third-order valence-corrected chi connectivity index (χ3v) is 6.61. The molecule has 180 valence electrons. The summed E-state index contributed by atoms with van der Waals surface area (Å²) in [7, 11) is 0. The number of hydrogen-bond acceptors (Lipinski definition) is 4. The minimum Gasteiger partial charge on any atom is -0.503 e. The zero-order valence-corrected chi connectivity index (χ0v) is 18.6. The van der Waals surface area contributed by atoms with Gasteiger partial charge >= 0.3 is 0 Å². The van der Waals surface area contributed by atoms with Crippen LogP contribution in [0.4, 0.5) is 18.9 Å². The van der Waals surface area contributed by atoms with Crippen molar-refractivity contribution in [2.45, 2.75) is 32.4 Å². The van der Waals surface area contributed by atoms with Gasteiger partial charge in [0.05, 0.1) is 11.7 Å². The minimum atomic E-state index is -1.06. The normalized spacial score (nSPS) is 16.4. The van der Waals surface area contributed by atoms with E-state index in [9.17, 15) is 32.7 Å². The van der Waals surface area contributed by atoms with Crippen LogP contribution in [0.5, 0.6) is 5.75 Å². The van der Waals surface area contributed by atoms with Crippen molar-refractivity contribution in [2.24, 2.45) is 0 Å². The van der Waals surface area contributed by atoms with Gasteiger partial charge in [0.1, 0.15) is 23.0 Å². The standard InChI is InChI=1S/C25H20F3N3O4/c1-12-18(27)7-4-14(20(12)28)9-29-24(34)17-11-30-16-6-3-13-2-5-15(26)8-19(13)31(10-16)25(35)21(30)23(33)22(17)32/h2,4-5,7-8,11,16,33H,3,6,9-10H2,1H3,(H,29,34). The van der Waals surface area contributed by atoms with Crippen LogP contribution < -0.4 is 15.6 Å². The van der Waals surface area contributed by atoms with Crippen LogP contribution in [0.1, 0.15) is 50.0 Å². The number of benzene rings is 2. The predicted octanol–water partition coefficient (Wildman–Crippen LogP) is 3.36. The number of hydrogen-bond donors (Lipinski definition) is 2. The lowest BCUT2D eigenvalue weighted by Crippen LogP contribution is -2.44. The van der Waals surface area contributed by atoms with Gasteiger partial charge in [0.25, 0.3) is 11.8 Å². The molecule has 2 aliphatic rings. The molecule has 0 fully saturated rings. The van der Waals surface area contributed by atoms with Gasteiger partial charge in [-0.1, -0.05) is 12.1 Å². The molecule has 0 radical (unpaired) electrons. The second kappa shape index (κ2) is 8.30. The molecule has 2 bridgehead atoms. The van der Waals surface area contributed by atoms with Crippen LogP contribution in [-0.4, -0.2) is 28.0 Å². The largest absolute Gasteiger partial charge is 0.503 e. The topological polar surface area (TPSA) is 91.6 Å². The number of aromatic hydroxyl groups is 1. The maximum atomic E-state index is 14.3. The Morgan fingerprint density at radius 3 is 2.71 bits per heavy atom. The molecule has 0 saturated carbocycles. The quantitative estimate of drug-likeness (QED) is 0.598. The molecular weight excluding hydrogens is 463 g/mol. The lowest BCUT2D eigenvalue weighted by molar-refractivity contribution is 0.0929. The summed E-state index contributed by atoms with van der Waals surface area (Å²) < 4.78 is 43.1. The van der Waals surface area contributed by atoms with Gasteiger partial charge in [0, 0.05) is 30.4 Å². The zero-order chi connectivity index (χ0) is 25.0. The van der Waals surface area contributed by atoms with Crippen molar-refractivity contribution < 1.29 is 27.9 Å². The molecule has 1 atom stereocenters. The number of aryl methyl sites for hydroxylation is 1. The number of halogens is 3. The molecule has 2 amide bonds. The van der Waals surface area contributed by atoms with E-state index >= 15 is 0 Å². The lowest BCUT2D eigenvalue weighted by Gasteiger charge is -2.35. The number of anilines is 1. The summed E-state index contributed by atoms with van der Waals surface area (Å²) in [6, 6.07) is 6.04. The minimum absolute atomic E-state index is 0.0270. The monoisotopic (exact) mass is 483 g/mol. The van der Waals surface area contributed by atoms with E-state index in [1.54, 1.807) is 6.07 Å². The number of aromatic nitrogens is 1. The first-order chi connectivity index (χ1) is 16.7. The van der Waals surface area contributed by atoms with E-state index < -0.39 is 46.0 Å². The lowest BCUT2D eigenvalue weighted by atomic mass is 10.0. The Morgan fingerprint density at radius 1 is 1.17 bits per heavy atom. The third kappa shape index (κ3) is 3.65. The number of nitrogens with zero attached hydrogens (tertiary/aromatic N) is 2. The van der Waals surface area contributed by atoms with Gasteiger partial charge in [-0.2, -0.15) is 0 Å². The third-order valence-electron chi connectivity index (χ3n) is 6.61. The van der Waals surface area contributed by atoms with Gasteiger partial charge < -0.3 is 19.9 Å². The highest BCUT2D eigenvalue weighted by atomic mass is 19.1. The molecule has 3 heterocycles. The van der Waals surface area contributed by atoms with E-state index in [-0.39, 0.29) is 36.0 Å². The number of amides is 2. The first-order valence-electron chi connectivity index (χ1n) is 11.0. The van der Waals surface area contributed by atoms with E-state index in [1.807, 2.05) is 0 Å². The summed E-state index contributed by atoms with van der Waals surface area (Å²) >= 11 is 0. The summed E-state index contributed by atoms with van der Waals surface area (Å²) in [5.74, 6) is -4.49. The van der Waals surface area contributed by atoms with Crippen LogP contribution in [0.2, 0.25) is 0 Å². The smallest absolute Gasteiger partial charge is 0.279 e. The predicted molar refractivity (Wildman–Crippen MR) is 120 cm³/mol. The average Bonchev–Trinajstić information content (AvgIpc) is 3.00. The fraction of sp³-hybridized carbons (Fsp3) is 0.240. The Bertz CT molecular complexity index is 1470. The van der Waals surface area contributed by atoms with Gasteiger partial charge in [-0.15, -0.1) is 0 Å². The summed E-state index contributed by atoms with van der Waals surface area (Å²) in [6.07, 6.45) is 2.25. The van der Waals surface area contributed by atoms with Gasteiger partial charge in [-0.05, 0) is 43.5 Å². The highest BCUT2D eigenvalue weighted by Gasteiger charge is 2.38. The fourth-order valence-electron chi connectivity index (χ4n) is 4.68. The van der Waals surface area contributed by atoms with E-state index in [1.165, 1.54) is 40.8 Å². The van der Waals surface area contributed by atoms with Crippen LogP contribution in [0.15, 0.2) is 41.3 Å². The summed E-state index contributed by atoms with van der Waals surface area (Å²) in [6.45, 7) is 1.13. The maximum absolute atomic E-state index is 14.3. The molecule has 1 unspecified atom stereocenters.